The van der Waals surface area contributed by atoms with Gasteiger partial charge in [-0.05, 0) is 19.3 Å². The molecule has 0 aromatic rings. The van der Waals surface area contributed by atoms with Gasteiger partial charge in [-0.15, -0.1) is 0 Å². The SMILES string of the molecule is CCCCCCC=CCC=CCS. The van der Waals surface area contributed by atoms with Crippen molar-refractivity contribution in [1.29, 1.82) is 0 Å². The minimum Gasteiger partial charge on any atom is -0.175 e. The Balaban J connectivity index is 3.08. The summed E-state index contributed by atoms with van der Waals surface area (Å²) < 4.78 is 0. The third kappa shape index (κ3) is 11.8. The standard InChI is InChI=1S/C12H22S/c1-2-3-4-5-6-7-8-9-10-11-12-13/h7-8,10-11,13H,2-6,9,12H2,1H3. The monoisotopic (exact) mass is 198 g/mol. The molecule has 0 bridgehead atoms. The molecule has 0 atom stereocenters. The summed E-state index contributed by atoms with van der Waals surface area (Å²) in [6.45, 7) is 2.25. The average molecular weight is 198 g/mol. The summed E-state index contributed by atoms with van der Waals surface area (Å²) in [5.41, 5.74) is 0. The second-order valence-corrected chi connectivity index (χ2v) is 3.58. The molecule has 0 heterocycles. The molecule has 0 rings (SSSR count). The van der Waals surface area contributed by atoms with E-state index < -0.39 is 0 Å². The molecule has 0 spiro atoms. The fourth-order valence-corrected chi connectivity index (χ4v) is 1.30. The maximum Gasteiger partial charge on any atom is 0.00826 e. The molecule has 0 aliphatic heterocycles. The minimum absolute atomic E-state index is 0.852. The maximum absolute atomic E-state index is 4.09. The van der Waals surface area contributed by atoms with E-state index in [9.17, 15) is 0 Å². The van der Waals surface area contributed by atoms with E-state index in [1.165, 1.54) is 32.1 Å². The Morgan fingerprint density at radius 1 is 0.923 bits per heavy atom. The summed E-state index contributed by atoms with van der Waals surface area (Å²) in [4.78, 5) is 0. The summed E-state index contributed by atoms with van der Waals surface area (Å²) in [5.74, 6) is 0.852. The van der Waals surface area contributed by atoms with Gasteiger partial charge in [-0.3, -0.25) is 0 Å². The summed E-state index contributed by atoms with van der Waals surface area (Å²) in [5, 5.41) is 0. The van der Waals surface area contributed by atoms with Crippen LogP contribution in [-0.4, -0.2) is 5.75 Å². The van der Waals surface area contributed by atoms with Crippen LogP contribution in [0, 0.1) is 0 Å². The number of thiol groups is 1. The van der Waals surface area contributed by atoms with Crippen molar-refractivity contribution in [2.75, 3.05) is 5.75 Å². The van der Waals surface area contributed by atoms with Crippen LogP contribution in [-0.2, 0) is 0 Å². The number of unbranched alkanes of at least 4 members (excludes halogenated alkanes) is 4. The first-order valence-electron chi connectivity index (χ1n) is 5.32. The molecule has 0 aromatic heterocycles. The lowest BCUT2D eigenvalue weighted by Gasteiger charge is -1.93. The quantitative estimate of drug-likeness (QED) is 0.334. The number of hydrogen-bond donors (Lipinski definition) is 1. The van der Waals surface area contributed by atoms with Gasteiger partial charge < -0.3 is 0 Å². The molecule has 0 N–H and O–H groups in total. The normalized spacial score (nSPS) is 11.8. The molecule has 0 radical (unpaired) electrons. The molecular weight excluding hydrogens is 176 g/mol. The smallest absolute Gasteiger partial charge is 0.00826 e. The van der Waals surface area contributed by atoms with Gasteiger partial charge in [0.25, 0.3) is 0 Å². The van der Waals surface area contributed by atoms with Crippen molar-refractivity contribution in [3.63, 3.8) is 0 Å². The van der Waals surface area contributed by atoms with Crippen molar-refractivity contribution < 1.29 is 0 Å². The van der Waals surface area contributed by atoms with Gasteiger partial charge in [-0.1, -0.05) is 50.5 Å². The van der Waals surface area contributed by atoms with E-state index in [1.807, 2.05) is 0 Å². The maximum atomic E-state index is 4.09. The van der Waals surface area contributed by atoms with E-state index in [1.54, 1.807) is 0 Å². The summed E-state index contributed by atoms with van der Waals surface area (Å²) in [7, 11) is 0. The van der Waals surface area contributed by atoms with Crippen LogP contribution in [0.2, 0.25) is 0 Å². The highest BCUT2D eigenvalue weighted by molar-refractivity contribution is 7.80. The fraction of sp³-hybridized carbons (Fsp3) is 0.667. The van der Waals surface area contributed by atoms with Crippen LogP contribution in [0.15, 0.2) is 24.3 Å². The Morgan fingerprint density at radius 3 is 2.38 bits per heavy atom. The summed E-state index contributed by atoms with van der Waals surface area (Å²) >= 11 is 4.09. The van der Waals surface area contributed by atoms with Crippen molar-refractivity contribution in [3.05, 3.63) is 24.3 Å². The molecule has 1 heteroatoms. The van der Waals surface area contributed by atoms with Gasteiger partial charge in [-0.25, -0.2) is 0 Å². The van der Waals surface area contributed by atoms with E-state index >= 15 is 0 Å². The zero-order valence-corrected chi connectivity index (χ0v) is 9.60. The minimum atomic E-state index is 0.852. The van der Waals surface area contributed by atoms with Crippen molar-refractivity contribution in [3.8, 4) is 0 Å². The van der Waals surface area contributed by atoms with Crippen LogP contribution in [0.5, 0.6) is 0 Å². The zero-order valence-electron chi connectivity index (χ0n) is 8.71. The van der Waals surface area contributed by atoms with E-state index in [-0.39, 0.29) is 0 Å². The first-order valence-corrected chi connectivity index (χ1v) is 5.96. The van der Waals surface area contributed by atoms with E-state index in [2.05, 4.69) is 43.9 Å². The lowest BCUT2D eigenvalue weighted by Crippen LogP contribution is -1.73. The van der Waals surface area contributed by atoms with E-state index in [0.29, 0.717) is 0 Å². The highest BCUT2D eigenvalue weighted by Crippen LogP contribution is 2.03. The molecule has 0 fully saturated rings. The van der Waals surface area contributed by atoms with Gasteiger partial charge in [0.05, 0.1) is 0 Å². The first kappa shape index (κ1) is 12.8. The number of allylic oxidation sites excluding steroid dienone is 3. The molecule has 0 saturated heterocycles. The van der Waals surface area contributed by atoms with Gasteiger partial charge in [-0.2, -0.15) is 12.6 Å². The fourth-order valence-electron chi connectivity index (χ4n) is 1.15. The number of rotatable bonds is 8. The van der Waals surface area contributed by atoms with Crippen molar-refractivity contribution in [1.82, 2.24) is 0 Å². The molecule has 0 aliphatic carbocycles. The van der Waals surface area contributed by atoms with Crippen LogP contribution in [0.3, 0.4) is 0 Å². The van der Waals surface area contributed by atoms with E-state index in [4.69, 9.17) is 0 Å². The van der Waals surface area contributed by atoms with Crippen LogP contribution in [0.1, 0.15) is 45.4 Å². The Hall–Kier alpha value is -0.170. The number of hydrogen-bond acceptors (Lipinski definition) is 1. The molecule has 0 unspecified atom stereocenters. The molecule has 0 nitrogen and oxygen atoms in total. The first-order chi connectivity index (χ1) is 6.41. The molecule has 0 saturated carbocycles. The van der Waals surface area contributed by atoms with Gasteiger partial charge in [0.2, 0.25) is 0 Å². The van der Waals surface area contributed by atoms with Crippen molar-refractivity contribution in [2.45, 2.75) is 45.4 Å². The van der Waals surface area contributed by atoms with Gasteiger partial charge in [0, 0.05) is 5.75 Å². The molecule has 0 amide bonds. The zero-order chi connectivity index (χ0) is 9.78. The lowest BCUT2D eigenvalue weighted by atomic mass is 10.1. The molecule has 13 heavy (non-hydrogen) atoms. The van der Waals surface area contributed by atoms with Crippen LogP contribution in [0.25, 0.3) is 0 Å². The largest absolute Gasteiger partial charge is 0.175 e. The highest BCUT2D eigenvalue weighted by Gasteiger charge is 1.83. The second kappa shape index (κ2) is 11.8. The van der Waals surface area contributed by atoms with Gasteiger partial charge in [0.15, 0.2) is 0 Å². The average Bonchev–Trinajstić information content (AvgIpc) is 2.16. The third-order valence-electron chi connectivity index (χ3n) is 1.94. The summed E-state index contributed by atoms with van der Waals surface area (Å²) in [6, 6.07) is 0. The topological polar surface area (TPSA) is 0 Å². The van der Waals surface area contributed by atoms with Gasteiger partial charge in [0.1, 0.15) is 0 Å². The molecule has 0 aliphatic rings. The molecule has 0 aromatic carbocycles. The van der Waals surface area contributed by atoms with Gasteiger partial charge >= 0.3 is 0 Å². The lowest BCUT2D eigenvalue weighted by molar-refractivity contribution is 0.674. The Kier molecular flexibility index (Phi) is 11.7. The van der Waals surface area contributed by atoms with Crippen LogP contribution in [0.4, 0.5) is 0 Å². The highest BCUT2D eigenvalue weighted by atomic mass is 32.1. The molecule has 76 valence electrons. The third-order valence-corrected chi connectivity index (χ3v) is 2.15. The predicted octanol–water partition coefficient (Wildman–Crippen LogP) is 4.39. The van der Waals surface area contributed by atoms with Crippen molar-refractivity contribution in [2.24, 2.45) is 0 Å². The second-order valence-electron chi connectivity index (χ2n) is 3.21. The molecular formula is C12H22S. The predicted molar refractivity (Wildman–Crippen MR) is 65.5 cm³/mol. The summed E-state index contributed by atoms with van der Waals surface area (Å²) in [6.07, 6.45) is 16.5. The Morgan fingerprint density at radius 2 is 1.69 bits per heavy atom. The Labute approximate surface area is 88.5 Å². The van der Waals surface area contributed by atoms with E-state index in [0.717, 1.165) is 12.2 Å². The van der Waals surface area contributed by atoms with Crippen molar-refractivity contribution >= 4 is 12.6 Å². The van der Waals surface area contributed by atoms with Crippen LogP contribution < -0.4 is 0 Å². The Bertz CT molecular complexity index is 136. The van der Waals surface area contributed by atoms with Crippen LogP contribution >= 0.6 is 12.6 Å².